The lowest BCUT2D eigenvalue weighted by atomic mass is 10.1. The fourth-order valence-corrected chi connectivity index (χ4v) is 2.75. The molecule has 1 fully saturated rings. The second kappa shape index (κ2) is 7.02. The summed E-state index contributed by atoms with van der Waals surface area (Å²) in [5, 5.41) is 7.93. The fourth-order valence-electron chi connectivity index (χ4n) is 2.24. The van der Waals surface area contributed by atoms with Crippen molar-refractivity contribution in [2.24, 2.45) is 11.1 Å². The maximum absolute atomic E-state index is 11.7. The van der Waals surface area contributed by atoms with E-state index in [9.17, 15) is 13.2 Å². The minimum absolute atomic E-state index is 0.0148. The summed E-state index contributed by atoms with van der Waals surface area (Å²) in [6.07, 6.45) is 2.36. The lowest BCUT2D eigenvalue weighted by Crippen LogP contribution is -2.31. The van der Waals surface area contributed by atoms with E-state index in [0.29, 0.717) is 19.8 Å². The van der Waals surface area contributed by atoms with E-state index in [2.05, 4.69) is 5.32 Å². The highest BCUT2D eigenvalue weighted by atomic mass is 32.2. The molecular formula is C14H20N2O4S. The van der Waals surface area contributed by atoms with Crippen molar-refractivity contribution in [1.82, 2.24) is 5.32 Å². The molecule has 0 bridgehead atoms. The van der Waals surface area contributed by atoms with Crippen LogP contribution < -0.4 is 10.5 Å². The van der Waals surface area contributed by atoms with Crippen molar-refractivity contribution in [2.45, 2.75) is 24.2 Å². The van der Waals surface area contributed by atoms with Gasteiger partial charge in [0.1, 0.15) is 0 Å². The van der Waals surface area contributed by atoms with Gasteiger partial charge in [-0.05, 0) is 37.0 Å². The van der Waals surface area contributed by atoms with Gasteiger partial charge in [0.05, 0.1) is 17.4 Å². The van der Waals surface area contributed by atoms with Gasteiger partial charge in [-0.3, -0.25) is 4.79 Å². The number of amides is 1. The molecule has 0 radical (unpaired) electrons. The molecule has 1 aliphatic rings. The van der Waals surface area contributed by atoms with Gasteiger partial charge in [-0.1, -0.05) is 12.1 Å². The summed E-state index contributed by atoms with van der Waals surface area (Å²) in [7, 11) is -3.63. The fraction of sp³-hybridized carbons (Fsp3) is 0.500. The Morgan fingerprint density at radius 2 is 2.05 bits per heavy atom. The molecule has 0 spiro atoms. The Hall–Kier alpha value is -1.44. The molecule has 1 heterocycles. The maximum Gasteiger partial charge on any atom is 0.238 e. The van der Waals surface area contributed by atoms with Crippen LogP contribution in [-0.4, -0.2) is 34.1 Å². The number of aryl methyl sites for hydroxylation is 1. The number of sulfonamides is 1. The Labute approximate surface area is 124 Å². The van der Waals surface area contributed by atoms with Gasteiger partial charge in [-0.25, -0.2) is 13.6 Å². The molecule has 0 saturated carbocycles. The largest absolute Gasteiger partial charge is 0.381 e. The summed E-state index contributed by atoms with van der Waals surface area (Å²) < 4.78 is 27.4. The van der Waals surface area contributed by atoms with Crippen LogP contribution in [0.15, 0.2) is 29.2 Å². The van der Waals surface area contributed by atoms with Gasteiger partial charge >= 0.3 is 0 Å². The summed E-state index contributed by atoms with van der Waals surface area (Å²) >= 11 is 0. The zero-order valence-corrected chi connectivity index (χ0v) is 12.6. The van der Waals surface area contributed by atoms with E-state index in [1.807, 2.05) is 0 Å². The van der Waals surface area contributed by atoms with Crippen LogP contribution in [0.1, 0.15) is 18.4 Å². The van der Waals surface area contributed by atoms with Crippen molar-refractivity contribution in [3.63, 3.8) is 0 Å². The van der Waals surface area contributed by atoms with Crippen molar-refractivity contribution in [1.29, 1.82) is 0 Å². The molecule has 1 aliphatic heterocycles. The molecule has 0 aliphatic carbocycles. The number of primary sulfonamides is 1. The molecule has 1 saturated heterocycles. The summed E-state index contributed by atoms with van der Waals surface area (Å²) in [5.74, 6) is 0.0381. The van der Waals surface area contributed by atoms with Crippen LogP contribution in [0.2, 0.25) is 0 Å². The molecule has 1 aromatic rings. The monoisotopic (exact) mass is 312 g/mol. The minimum atomic E-state index is -3.63. The first-order valence-corrected chi connectivity index (χ1v) is 8.48. The van der Waals surface area contributed by atoms with Crippen molar-refractivity contribution in [3.05, 3.63) is 29.8 Å². The molecule has 116 valence electrons. The molecule has 7 heteroatoms. The number of nitrogens with two attached hydrogens (primary N) is 1. The molecule has 3 N–H and O–H groups in total. The van der Waals surface area contributed by atoms with E-state index in [1.165, 1.54) is 12.1 Å². The Morgan fingerprint density at radius 3 is 2.62 bits per heavy atom. The van der Waals surface area contributed by atoms with E-state index in [0.717, 1.165) is 24.8 Å². The van der Waals surface area contributed by atoms with E-state index in [1.54, 1.807) is 12.1 Å². The van der Waals surface area contributed by atoms with Crippen LogP contribution in [0.4, 0.5) is 0 Å². The van der Waals surface area contributed by atoms with E-state index in [-0.39, 0.29) is 16.7 Å². The molecule has 1 unspecified atom stereocenters. The average Bonchev–Trinajstić information content (AvgIpc) is 2.97. The highest BCUT2D eigenvalue weighted by Crippen LogP contribution is 2.12. The zero-order valence-electron chi connectivity index (χ0n) is 11.7. The van der Waals surface area contributed by atoms with Crippen LogP contribution in [0, 0.1) is 5.92 Å². The normalized spacial score (nSPS) is 18.6. The number of carbonyl (C=O) groups is 1. The van der Waals surface area contributed by atoms with E-state index < -0.39 is 10.0 Å². The Bertz CT molecular complexity index is 577. The highest BCUT2D eigenvalue weighted by Gasteiger charge is 2.22. The molecule has 1 aromatic carbocycles. The molecule has 6 nitrogen and oxygen atoms in total. The molecule has 1 atom stereocenters. The number of hydrogen-bond acceptors (Lipinski definition) is 4. The van der Waals surface area contributed by atoms with Crippen molar-refractivity contribution >= 4 is 15.9 Å². The standard InChI is InChI=1S/C14H20N2O4S/c15-21(18,19)13-5-3-11(4-6-13)2-1-8-16-14(17)12-7-9-20-10-12/h3-6,12H,1-2,7-10H2,(H,16,17)(H2,15,18,19). The van der Waals surface area contributed by atoms with Gasteiger partial charge < -0.3 is 10.1 Å². The highest BCUT2D eigenvalue weighted by molar-refractivity contribution is 7.89. The zero-order chi connectivity index (χ0) is 15.3. The number of carbonyl (C=O) groups excluding carboxylic acids is 1. The van der Waals surface area contributed by atoms with Crippen LogP contribution in [0.5, 0.6) is 0 Å². The van der Waals surface area contributed by atoms with Crippen LogP contribution in [-0.2, 0) is 26.0 Å². The van der Waals surface area contributed by atoms with Gasteiger partial charge in [-0.2, -0.15) is 0 Å². The molecule has 21 heavy (non-hydrogen) atoms. The van der Waals surface area contributed by atoms with Gasteiger partial charge in [0, 0.05) is 13.2 Å². The average molecular weight is 312 g/mol. The second-order valence-electron chi connectivity index (χ2n) is 5.14. The lowest BCUT2D eigenvalue weighted by molar-refractivity contribution is -0.124. The molecule has 0 aromatic heterocycles. The lowest BCUT2D eigenvalue weighted by Gasteiger charge is -2.09. The summed E-state index contributed by atoms with van der Waals surface area (Å²) in [4.78, 5) is 11.9. The molecule has 2 rings (SSSR count). The summed E-state index contributed by atoms with van der Waals surface area (Å²) in [5.41, 5.74) is 1.01. The van der Waals surface area contributed by atoms with Crippen LogP contribution >= 0.6 is 0 Å². The van der Waals surface area contributed by atoms with Gasteiger partial charge in [0.15, 0.2) is 0 Å². The number of rotatable bonds is 6. The number of nitrogens with one attached hydrogen (secondary N) is 1. The van der Waals surface area contributed by atoms with Crippen molar-refractivity contribution < 1.29 is 17.9 Å². The third kappa shape index (κ3) is 4.80. The van der Waals surface area contributed by atoms with E-state index >= 15 is 0 Å². The predicted octanol–water partition coefficient (Wildman–Crippen LogP) is 0.419. The Morgan fingerprint density at radius 1 is 1.33 bits per heavy atom. The topological polar surface area (TPSA) is 98.5 Å². The van der Waals surface area contributed by atoms with Crippen LogP contribution in [0.3, 0.4) is 0 Å². The maximum atomic E-state index is 11.7. The van der Waals surface area contributed by atoms with Crippen molar-refractivity contribution in [2.75, 3.05) is 19.8 Å². The summed E-state index contributed by atoms with van der Waals surface area (Å²) in [6.45, 7) is 1.78. The first-order valence-electron chi connectivity index (χ1n) is 6.94. The quantitative estimate of drug-likeness (QED) is 0.744. The Balaban J connectivity index is 1.72. The minimum Gasteiger partial charge on any atom is -0.381 e. The van der Waals surface area contributed by atoms with Crippen molar-refractivity contribution in [3.8, 4) is 0 Å². The van der Waals surface area contributed by atoms with Gasteiger partial charge in [0.25, 0.3) is 0 Å². The number of benzene rings is 1. The number of hydrogen-bond donors (Lipinski definition) is 2. The predicted molar refractivity (Wildman–Crippen MR) is 78.1 cm³/mol. The third-order valence-electron chi connectivity index (χ3n) is 3.49. The first-order chi connectivity index (χ1) is 9.97. The first kappa shape index (κ1) is 15.9. The second-order valence-corrected chi connectivity index (χ2v) is 6.71. The van der Waals surface area contributed by atoms with Crippen LogP contribution in [0.25, 0.3) is 0 Å². The van der Waals surface area contributed by atoms with Gasteiger partial charge in [-0.15, -0.1) is 0 Å². The summed E-state index contributed by atoms with van der Waals surface area (Å²) in [6, 6.07) is 6.48. The molecule has 1 amide bonds. The SMILES string of the molecule is NS(=O)(=O)c1ccc(CCCNC(=O)C2CCOC2)cc1. The van der Waals surface area contributed by atoms with E-state index in [4.69, 9.17) is 9.88 Å². The van der Waals surface area contributed by atoms with Gasteiger partial charge in [0.2, 0.25) is 15.9 Å². The number of ether oxygens (including phenoxy) is 1. The smallest absolute Gasteiger partial charge is 0.238 e. The Kier molecular flexibility index (Phi) is 5.33. The third-order valence-corrected chi connectivity index (χ3v) is 4.42. The molecular weight excluding hydrogens is 292 g/mol.